The molecular weight excluding hydrogens is 472 g/mol. The first kappa shape index (κ1) is 23.3. The van der Waals surface area contributed by atoms with Crippen molar-refractivity contribution in [3.8, 4) is 22.6 Å². The van der Waals surface area contributed by atoms with Crippen LogP contribution < -0.4 is 5.73 Å². The highest BCUT2D eigenvalue weighted by Crippen LogP contribution is 2.44. The van der Waals surface area contributed by atoms with Crippen molar-refractivity contribution in [2.75, 3.05) is 5.73 Å². The van der Waals surface area contributed by atoms with Crippen LogP contribution in [0.25, 0.3) is 28.3 Å². The minimum Gasteiger partial charge on any atom is -0.384 e. The number of aromatic amines is 1. The summed E-state index contributed by atoms with van der Waals surface area (Å²) in [6.45, 7) is 3.00. The summed E-state index contributed by atoms with van der Waals surface area (Å²) in [5.41, 5.74) is 10.4. The van der Waals surface area contributed by atoms with E-state index in [0.29, 0.717) is 41.3 Å². The number of aliphatic hydroxyl groups is 1. The average molecular weight is 501 g/mol. The number of nitrogen functional groups attached to an aromatic ring is 1. The van der Waals surface area contributed by atoms with Crippen LogP contribution in [0.15, 0.2) is 36.9 Å². The van der Waals surface area contributed by atoms with E-state index in [-0.39, 0.29) is 35.5 Å². The van der Waals surface area contributed by atoms with Crippen molar-refractivity contribution in [2.24, 2.45) is 0 Å². The van der Waals surface area contributed by atoms with Crippen LogP contribution in [0, 0.1) is 0 Å². The molecule has 190 valence electrons. The number of ketones is 1. The van der Waals surface area contributed by atoms with Crippen molar-refractivity contribution in [1.29, 1.82) is 0 Å². The van der Waals surface area contributed by atoms with Crippen molar-refractivity contribution in [3.05, 3.63) is 48.2 Å². The van der Waals surface area contributed by atoms with Gasteiger partial charge >= 0.3 is 0 Å². The molecule has 6 heterocycles. The van der Waals surface area contributed by atoms with Crippen LogP contribution in [0.3, 0.4) is 0 Å². The number of H-pyrrole nitrogens is 1. The highest BCUT2D eigenvalue weighted by Gasteiger charge is 2.45. The molecule has 0 saturated carbocycles. The predicted octanol–water partition coefficient (Wildman–Crippen LogP) is 2.58. The molecule has 11 nitrogen and oxygen atoms in total. The maximum atomic E-state index is 12.8. The molecule has 4 N–H and O–H groups in total. The molecule has 6 rings (SSSR count). The number of amides is 1. The monoisotopic (exact) mass is 500 g/mol. The summed E-state index contributed by atoms with van der Waals surface area (Å²) in [6, 6.07) is 3.82. The second kappa shape index (κ2) is 8.77. The Balaban J connectivity index is 1.41. The number of nitrogens with zero attached hydrogens (tertiary/aromatic N) is 6. The molecule has 2 aliphatic rings. The maximum absolute atomic E-state index is 12.8. The number of imidazole rings is 1. The third-order valence-electron chi connectivity index (χ3n) is 7.61. The number of Topliss-reactive ketones (excluding diaryl/α,β-unsaturated/α-hetero) is 1. The second-order valence-electron chi connectivity index (χ2n) is 9.95. The summed E-state index contributed by atoms with van der Waals surface area (Å²) in [4.78, 5) is 44.0. The molecule has 0 spiro atoms. The number of fused-ring (bicyclic) bond motifs is 3. The van der Waals surface area contributed by atoms with E-state index in [4.69, 9.17) is 10.7 Å². The zero-order chi connectivity index (χ0) is 25.8. The van der Waals surface area contributed by atoms with Gasteiger partial charge in [-0.2, -0.15) is 9.61 Å². The Morgan fingerprint density at radius 3 is 2.51 bits per heavy atom. The van der Waals surface area contributed by atoms with E-state index >= 15 is 0 Å². The lowest BCUT2D eigenvalue weighted by molar-refractivity contribution is -0.144. The molecule has 1 amide bonds. The van der Waals surface area contributed by atoms with Crippen LogP contribution in [0.2, 0.25) is 0 Å². The lowest BCUT2D eigenvalue weighted by Gasteiger charge is -2.39. The largest absolute Gasteiger partial charge is 0.384 e. The van der Waals surface area contributed by atoms with E-state index in [9.17, 15) is 14.7 Å². The van der Waals surface area contributed by atoms with Gasteiger partial charge < -0.3 is 20.7 Å². The van der Waals surface area contributed by atoms with Gasteiger partial charge in [0.05, 0.1) is 17.5 Å². The third-order valence-corrected chi connectivity index (χ3v) is 7.61. The molecule has 37 heavy (non-hydrogen) atoms. The summed E-state index contributed by atoms with van der Waals surface area (Å²) in [7, 11) is 0. The fourth-order valence-electron chi connectivity index (χ4n) is 5.97. The normalized spacial score (nSPS) is 21.9. The SMILES string of the molecule is CC(=O)c1c([C@@H]2C[C@H]3CC[C@@H](C2)N3C(=O)[C@H](C)O)nc2c(-c3ccc(-c4ncc[nH]4)nc3)cnn2c1N. The van der Waals surface area contributed by atoms with Gasteiger partial charge in [-0.3, -0.25) is 14.6 Å². The minimum atomic E-state index is -1.03. The standard InChI is InChI=1S/C26H28N8O3/c1-13(35)21-22(16-9-17-4-5-18(10-16)33(17)26(37)14(2)36)32-25-19(12-31-34(25)23(21)27)15-3-6-20(30-11-15)24-28-7-8-29-24/h3,6-8,11-12,14,16-18,36H,4-5,9-10,27H2,1-2H3,(H,28,29)/t14-,16-,17-,18+/m0/s1. The zero-order valence-corrected chi connectivity index (χ0v) is 20.6. The average Bonchev–Trinajstić information content (AvgIpc) is 3.62. The molecule has 0 aromatic carbocycles. The summed E-state index contributed by atoms with van der Waals surface area (Å²) in [6.07, 6.45) is 8.90. The Morgan fingerprint density at radius 2 is 1.92 bits per heavy atom. The summed E-state index contributed by atoms with van der Waals surface area (Å²) >= 11 is 0. The van der Waals surface area contributed by atoms with E-state index in [2.05, 4.69) is 20.1 Å². The first-order valence-corrected chi connectivity index (χ1v) is 12.5. The van der Waals surface area contributed by atoms with Crippen molar-refractivity contribution in [2.45, 2.75) is 63.6 Å². The zero-order valence-electron chi connectivity index (χ0n) is 20.6. The number of hydrogen-bond donors (Lipinski definition) is 3. The molecule has 2 fully saturated rings. The third kappa shape index (κ3) is 3.77. The number of hydrogen-bond acceptors (Lipinski definition) is 8. The summed E-state index contributed by atoms with van der Waals surface area (Å²) < 4.78 is 1.51. The molecule has 0 radical (unpaired) electrons. The molecule has 4 aromatic rings. The smallest absolute Gasteiger partial charge is 0.251 e. The number of aliphatic hydroxyl groups excluding tert-OH is 1. The first-order valence-electron chi connectivity index (χ1n) is 12.5. The Kier molecular flexibility index (Phi) is 5.52. The predicted molar refractivity (Wildman–Crippen MR) is 136 cm³/mol. The van der Waals surface area contributed by atoms with Crippen LogP contribution >= 0.6 is 0 Å². The van der Waals surface area contributed by atoms with Gasteiger partial charge in [0.2, 0.25) is 0 Å². The van der Waals surface area contributed by atoms with Crippen LogP contribution in [0.4, 0.5) is 5.82 Å². The maximum Gasteiger partial charge on any atom is 0.251 e. The van der Waals surface area contributed by atoms with Gasteiger partial charge in [-0.1, -0.05) is 6.07 Å². The second-order valence-corrected chi connectivity index (χ2v) is 9.95. The number of carbonyl (C=O) groups is 2. The fourth-order valence-corrected chi connectivity index (χ4v) is 5.97. The summed E-state index contributed by atoms with van der Waals surface area (Å²) in [5.74, 6) is 0.498. The minimum absolute atomic E-state index is 0.00707. The van der Waals surface area contributed by atoms with Crippen molar-refractivity contribution in [1.82, 2.24) is 34.4 Å². The first-order chi connectivity index (χ1) is 17.8. The van der Waals surface area contributed by atoms with E-state index < -0.39 is 6.10 Å². The van der Waals surface area contributed by atoms with Gasteiger partial charge in [-0.15, -0.1) is 0 Å². The van der Waals surface area contributed by atoms with Gasteiger partial charge in [-0.05, 0) is 45.6 Å². The number of carbonyl (C=O) groups excluding carboxylic acids is 2. The van der Waals surface area contributed by atoms with Crippen molar-refractivity contribution >= 4 is 23.2 Å². The number of nitrogens with two attached hydrogens (primary N) is 1. The number of rotatable bonds is 5. The quantitative estimate of drug-likeness (QED) is 0.353. The Labute approximate surface area is 212 Å². The highest BCUT2D eigenvalue weighted by atomic mass is 16.3. The van der Waals surface area contributed by atoms with E-state index in [1.165, 1.54) is 18.4 Å². The molecule has 0 unspecified atom stereocenters. The van der Waals surface area contributed by atoms with Gasteiger partial charge in [-0.25, -0.2) is 9.97 Å². The number of nitrogens with one attached hydrogen (secondary N) is 1. The molecule has 2 saturated heterocycles. The number of piperidine rings is 1. The molecular formula is C26H28N8O3. The van der Waals surface area contributed by atoms with Crippen LogP contribution in [-0.4, -0.2) is 69.4 Å². The Hall–Kier alpha value is -4.12. The van der Waals surface area contributed by atoms with Crippen molar-refractivity contribution < 1.29 is 14.7 Å². The lowest BCUT2D eigenvalue weighted by atomic mass is 9.85. The molecule has 4 aromatic heterocycles. The number of pyridine rings is 1. The van der Waals surface area contributed by atoms with E-state index in [0.717, 1.165) is 24.0 Å². The number of anilines is 1. The van der Waals surface area contributed by atoms with E-state index in [1.807, 2.05) is 17.0 Å². The Bertz CT molecular complexity index is 1480. The summed E-state index contributed by atoms with van der Waals surface area (Å²) in [5, 5.41) is 14.3. The van der Waals surface area contributed by atoms with Gasteiger partial charge in [0.25, 0.3) is 5.91 Å². The fraction of sp³-hybridized carbons (Fsp3) is 0.385. The molecule has 11 heteroatoms. The number of aromatic nitrogens is 6. The van der Waals surface area contributed by atoms with Crippen molar-refractivity contribution in [3.63, 3.8) is 0 Å². The van der Waals surface area contributed by atoms with Crippen LogP contribution in [-0.2, 0) is 4.79 Å². The van der Waals surface area contributed by atoms with Crippen LogP contribution in [0.1, 0.15) is 61.5 Å². The van der Waals surface area contributed by atoms with E-state index in [1.54, 1.807) is 24.8 Å². The molecule has 2 aliphatic heterocycles. The van der Waals surface area contributed by atoms with Gasteiger partial charge in [0.1, 0.15) is 17.6 Å². The van der Waals surface area contributed by atoms with Gasteiger partial charge in [0, 0.05) is 47.7 Å². The highest BCUT2D eigenvalue weighted by molar-refractivity contribution is 6.00. The van der Waals surface area contributed by atoms with Crippen LogP contribution in [0.5, 0.6) is 0 Å². The Morgan fingerprint density at radius 1 is 1.16 bits per heavy atom. The molecule has 2 bridgehead atoms. The lowest BCUT2D eigenvalue weighted by Crippen LogP contribution is -2.49. The topological polar surface area (TPSA) is 155 Å². The molecule has 0 aliphatic carbocycles. The molecule has 4 atom stereocenters. The van der Waals surface area contributed by atoms with Gasteiger partial charge in [0.15, 0.2) is 17.3 Å².